The van der Waals surface area contributed by atoms with Gasteiger partial charge in [-0.1, -0.05) is 13.8 Å². The van der Waals surface area contributed by atoms with E-state index in [-0.39, 0.29) is 0 Å². The fourth-order valence-electron chi connectivity index (χ4n) is 1.09. The van der Waals surface area contributed by atoms with Gasteiger partial charge < -0.3 is 4.98 Å². The summed E-state index contributed by atoms with van der Waals surface area (Å²) in [4.78, 5) is 3.78. The number of nitrogens with one attached hydrogen (secondary N) is 1. The van der Waals surface area contributed by atoms with Gasteiger partial charge in [0.1, 0.15) is 11.5 Å². The minimum Gasteiger partial charge on any atom is -0.363 e. The maximum absolute atomic E-state index is 8.75. The predicted octanol–water partition coefficient (Wildman–Crippen LogP) is 2.58. The molecule has 0 atom stereocenters. The third-order valence-electron chi connectivity index (χ3n) is 1.71. The molecule has 4 heteroatoms. The Morgan fingerprint density at radius 1 is 1.46 bits per heavy atom. The Labute approximate surface area is 81.4 Å². The molecule has 0 unspecified atom stereocenters. The van der Waals surface area contributed by atoms with Crippen molar-refractivity contribution in [3.05, 3.63) is 17.5 Å². The summed E-state index contributed by atoms with van der Waals surface area (Å²) in [7, 11) is 0. The molecule has 0 amide bonds. The molecule has 1 aromatic heterocycles. The summed E-state index contributed by atoms with van der Waals surface area (Å²) in [6.45, 7) is 4.04. The van der Waals surface area contributed by atoms with Crippen molar-refractivity contribution in [2.45, 2.75) is 24.7 Å². The monoisotopic (exact) mass is 191 g/mol. The normalized spacial score (nSPS) is 9.62. The van der Waals surface area contributed by atoms with Crippen molar-refractivity contribution in [2.24, 2.45) is 0 Å². The minimum absolute atomic E-state index is 0.304. The largest absolute Gasteiger partial charge is 0.363 e. The lowest BCUT2D eigenvalue weighted by Crippen LogP contribution is -1.88. The molecule has 66 valence electrons. The molecule has 0 fully saturated rings. The van der Waals surface area contributed by atoms with Gasteiger partial charge in [-0.15, -0.1) is 0 Å². The molecule has 0 aliphatic heterocycles. The van der Waals surface area contributed by atoms with Gasteiger partial charge in [-0.25, -0.2) is 0 Å². The van der Waals surface area contributed by atoms with Gasteiger partial charge in [0.25, 0.3) is 0 Å². The number of nitrogens with zero attached hydrogens (tertiary/aromatic N) is 2. The minimum atomic E-state index is 0.304. The Morgan fingerprint density at radius 2 is 2.15 bits per heavy atom. The zero-order valence-corrected chi connectivity index (χ0v) is 8.27. The average molecular weight is 191 g/mol. The topological polar surface area (TPSA) is 63.4 Å². The van der Waals surface area contributed by atoms with Gasteiger partial charge in [0.15, 0.2) is 0 Å². The van der Waals surface area contributed by atoms with Crippen LogP contribution in [0.25, 0.3) is 0 Å². The number of rotatable bonds is 2. The maximum Gasteiger partial charge on any atom is 0.138 e. The van der Waals surface area contributed by atoms with E-state index in [4.69, 9.17) is 10.5 Å². The van der Waals surface area contributed by atoms with Crippen LogP contribution in [0.3, 0.4) is 0 Å². The van der Waals surface area contributed by atoms with Gasteiger partial charge in [0, 0.05) is 11.9 Å². The van der Waals surface area contributed by atoms with E-state index in [1.807, 2.05) is 19.2 Å². The number of H-pyrrole nitrogens is 1. The molecule has 1 rings (SSSR count). The molecule has 3 nitrogen and oxygen atoms in total. The van der Waals surface area contributed by atoms with Crippen LogP contribution in [0, 0.1) is 22.0 Å². The highest BCUT2D eigenvalue weighted by Gasteiger charge is 2.13. The lowest BCUT2D eigenvalue weighted by Gasteiger charge is -2.02. The molecule has 1 heterocycles. The van der Waals surface area contributed by atoms with E-state index in [1.54, 1.807) is 6.20 Å². The zero-order valence-electron chi connectivity index (χ0n) is 7.46. The standard InChI is InChI=1S/C9H9N3S/c1-6(2)8-9(13-5-11)7(3-10)4-12-8/h4,6,12H,1-2H3. The Kier molecular flexibility index (Phi) is 3.00. The zero-order chi connectivity index (χ0) is 9.84. The van der Waals surface area contributed by atoms with Crippen LogP contribution in [0.15, 0.2) is 11.1 Å². The van der Waals surface area contributed by atoms with E-state index < -0.39 is 0 Å². The maximum atomic E-state index is 8.75. The first kappa shape index (κ1) is 9.70. The second kappa shape index (κ2) is 4.02. The number of hydrogen-bond donors (Lipinski definition) is 1. The number of thiocyanates is 1. The van der Waals surface area contributed by atoms with E-state index in [1.165, 1.54) is 0 Å². The highest BCUT2D eigenvalue weighted by molar-refractivity contribution is 8.03. The number of hydrogen-bond acceptors (Lipinski definition) is 3. The highest BCUT2D eigenvalue weighted by atomic mass is 32.2. The number of aromatic amines is 1. The van der Waals surface area contributed by atoms with Crippen LogP contribution in [0.1, 0.15) is 31.0 Å². The van der Waals surface area contributed by atoms with E-state index in [0.29, 0.717) is 11.5 Å². The van der Waals surface area contributed by atoms with Gasteiger partial charge in [0.2, 0.25) is 0 Å². The van der Waals surface area contributed by atoms with E-state index in [9.17, 15) is 0 Å². The first-order chi connectivity index (χ1) is 6.20. The second-order valence-corrected chi connectivity index (χ2v) is 3.70. The quantitative estimate of drug-likeness (QED) is 0.577. The molecule has 0 aliphatic carbocycles. The number of aromatic nitrogens is 1. The van der Waals surface area contributed by atoms with Crippen molar-refractivity contribution in [2.75, 3.05) is 0 Å². The molecule has 0 bridgehead atoms. The van der Waals surface area contributed by atoms with Crippen LogP contribution < -0.4 is 0 Å². The summed E-state index contributed by atoms with van der Waals surface area (Å²) >= 11 is 1.04. The van der Waals surface area contributed by atoms with Gasteiger partial charge in [-0.05, 0) is 17.7 Å². The van der Waals surface area contributed by atoms with Crippen molar-refractivity contribution in [3.63, 3.8) is 0 Å². The van der Waals surface area contributed by atoms with Gasteiger partial charge in [-0.2, -0.15) is 10.5 Å². The summed E-state index contributed by atoms with van der Waals surface area (Å²) in [6, 6.07) is 2.05. The molecule has 0 aromatic carbocycles. The van der Waals surface area contributed by atoms with Crippen LogP contribution >= 0.6 is 11.8 Å². The van der Waals surface area contributed by atoms with Crippen molar-refractivity contribution in [3.8, 4) is 11.5 Å². The van der Waals surface area contributed by atoms with Crippen molar-refractivity contribution < 1.29 is 0 Å². The molecular formula is C9H9N3S. The molecular weight excluding hydrogens is 182 g/mol. The first-order valence-corrected chi connectivity index (χ1v) is 4.69. The van der Waals surface area contributed by atoms with Crippen LogP contribution in [0.5, 0.6) is 0 Å². The van der Waals surface area contributed by atoms with E-state index in [2.05, 4.69) is 11.1 Å². The Hall–Kier alpha value is -1.39. The highest BCUT2D eigenvalue weighted by Crippen LogP contribution is 2.30. The first-order valence-electron chi connectivity index (χ1n) is 3.88. The van der Waals surface area contributed by atoms with Gasteiger partial charge in [0.05, 0.1) is 10.5 Å². The number of thioether (sulfide) groups is 1. The molecule has 0 saturated heterocycles. The molecule has 1 N–H and O–H groups in total. The Bertz CT molecular complexity index is 379. The molecule has 0 aliphatic rings. The van der Waals surface area contributed by atoms with E-state index in [0.717, 1.165) is 22.4 Å². The second-order valence-electron chi connectivity index (χ2n) is 2.91. The van der Waals surface area contributed by atoms with Crippen molar-refractivity contribution in [1.29, 1.82) is 10.5 Å². The van der Waals surface area contributed by atoms with E-state index >= 15 is 0 Å². The summed E-state index contributed by atoms with van der Waals surface area (Å²) in [5, 5.41) is 19.3. The molecule has 0 radical (unpaired) electrons. The fraction of sp³-hybridized carbons (Fsp3) is 0.333. The predicted molar refractivity (Wildman–Crippen MR) is 51.1 cm³/mol. The molecule has 0 spiro atoms. The summed E-state index contributed by atoms with van der Waals surface area (Å²) in [5.41, 5.74) is 1.51. The van der Waals surface area contributed by atoms with Gasteiger partial charge >= 0.3 is 0 Å². The molecule has 1 aromatic rings. The SMILES string of the molecule is CC(C)c1[nH]cc(C#N)c1SC#N. The van der Waals surface area contributed by atoms with Crippen LogP contribution in [-0.4, -0.2) is 4.98 Å². The Balaban J connectivity index is 3.17. The average Bonchev–Trinajstić information content (AvgIpc) is 2.48. The lowest BCUT2D eigenvalue weighted by molar-refractivity contribution is 0.811. The third kappa shape index (κ3) is 1.85. The van der Waals surface area contributed by atoms with Crippen LogP contribution in [0.2, 0.25) is 0 Å². The summed E-state index contributed by atoms with van der Waals surface area (Å²) in [6.07, 6.45) is 1.65. The molecule has 13 heavy (non-hydrogen) atoms. The van der Waals surface area contributed by atoms with Crippen molar-refractivity contribution >= 4 is 11.8 Å². The van der Waals surface area contributed by atoms with Crippen molar-refractivity contribution in [1.82, 2.24) is 4.98 Å². The Morgan fingerprint density at radius 3 is 2.62 bits per heavy atom. The van der Waals surface area contributed by atoms with Gasteiger partial charge in [-0.3, -0.25) is 0 Å². The smallest absolute Gasteiger partial charge is 0.138 e. The third-order valence-corrected chi connectivity index (χ3v) is 2.44. The molecule has 0 saturated carbocycles. The lowest BCUT2D eigenvalue weighted by atomic mass is 10.1. The fourth-order valence-corrected chi connectivity index (χ4v) is 1.80. The summed E-state index contributed by atoms with van der Waals surface area (Å²) < 4.78 is 0. The summed E-state index contributed by atoms with van der Waals surface area (Å²) in [5.74, 6) is 0.304. The van der Waals surface area contributed by atoms with Crippen LogP contribution in [0.4, 0.5) is 0 Å². The number of nitriles is 2. The van der Waals surface area contributed by atoms with Crippen LogP contribution in [-0.2, 0) is 0 Å².